The van der Waals surface area contributed by atoms with E-state index in [-0.39, 0.29) is 17.0 Å². The fraction of sp³-hybridized carbons (Fsp3) is 0.448. The van der Waals surface area contributed by atoms with Crippen molar-refractivity contribution in [2.75, 3.05) is 44.7 Å². The average Bonchev–Trinajstić information content (AvgIpc) is 3.21. The van der Waals surface area contributed by atoms with Crippen molar-refractivity contribution in [2.24, 2.45) is 0 Å². The third kappa shape index (κ3) is 6.06. The number of thiocarbonyl (C=S) groups is 1. The quantitative estimate of drug-likeness (QED) is 0.327. The van der Waals surface area contributed by atoms with Gasteiger partial charge in [0.15, 0.2) is 0 Å². The first-order valence-corrected chi connectivity index (χ1v) is 14.6. The minimum Gasteiger partial charge on any atom is -0.497 e. The number of methoxy groups -OCH3 is 1. The summed E-state index contributed by atoms with van der Waals surface area (Å²) in [5.41, 5.74) is 2.15. The Bertz CT molecular complexity index is 1370. The molecule has 3 heterocycles. The van der Waals surface area contributed by atoms with Crippen LogP contribution in [0.15, 0.2) is 34.0 Å². The lowest BCUT2D eigenvalue weighted by molar-refractivity contribution is -0.122. The molecule has 0 atom stereocenters. The number of amides is 1. The van der Waals surface area contributed by atoms with E-state index in [4.69, 9.17) is 17.0 Å². The number of ether oxygens (including phenoxy) is 1. The highest BCUT2D eigenvalue weighted by Gasteiger charge is 2.33. The van der Waals surface area contributed by atoms with Gasteiger partial charge in [-0.1, -0.05) is 56.4 Å². The third-order valence-electron chi connectivity index (χ3n) is 7.35. The van der Waals surface area contributed by atoms with Crippen LogP contribution in [-0.4, -0.2) is 64.4 Å². The summed E-state index contributed by atoms with van der Waals surface area (Å²) >= 11 is 6.87. The summed E-state index contributed by atoms with van der Waals surface area (Å²) in [6.07, 6.45) is 3.58. The zero-order valence-electron chi connectivity index (χ0n) is 23.0. The lowest BCUT2D eigenvalue weighted by Gasteiger charge is -2.37. The van der Waals surface area contributed by atoms with E-state index in [1.54, 1.807) is 23.5 Å². The standard InChI is InChI=1S/C29H35N5O3S2/c1-5-7-12-33-26(32-15-13-31(6-2)14-16-32)23(20(3)24(18-30)27(33)35)17-25-28(36)34(29(38)39-25)19-21-8-10-22(37-4)11-9-21/h8-11,17H,5-7,12-16,19H2,1-4H3/b25-17-. The van der Waals surface area contributed by atoms with Gasteiger partial charge in [-0.2, -0.15) is 5.26 Å². The Hall–Kier alpha value is -3.13. The van der Waals surface area contributed by atoms with E-state index in [1.807, 2.05) is 30.3 Å². The molecule has 0 spiro atoms. The van der Waals surface area contributed by atoms with Crippen LogP contribution in [-0.2, 0) is 17.9 Å². The Balaban J connectivity index is 1.77. The molecule has 2 saturated heterocycles. The number of hydrogen-bond acceptors (Lipinski definition) is 8. The maximum atomic E-state index is 13.6. The summed E-state index contributed by atoms with van der Waals surface area (Å²) in [6, 6.07) is 9.69. The van der Waals surface area contributed by atoms with Gasteiger partial charge in [0.1, 0.15) is 27.5 Å². The smallest absolute Gasteiger partial charge is 0.270 e. The van der Waals surface area contributed by atoms with E-state index in [0.717, 1.165) is 68.3 Å². The highest BCUT2D eigenvalue weighted by molar-refractivity contribution is 8.26. The zero-order valence-corrected chi connectivity index (χ0v) is 24.7. The van der Waals surface area contributed by atoms with Crippen LogP contribution in [0.3, 0.4) is 0 Å². The van der Waals surface area contributed by atoms with E-state index in [1.165, 1.54) is 11.8 Å². The van der Waals surface area contributed by atoms with E-state index >= 15 is 0 Å². The number of hydrogen-bond donors (Lipinski definition) is 0. The van der Waals surface area contributed by atoms with E-state index < -0.39 is 0 Å². The number of benzene rings is 1. The number of rotatable bonds is 9. The van der Waals surface area contributed by atoms with Gasteiger partial charge in [-0.05, 0) is 49.2 Å². The number of carbonyl (C=O) groups excluding carboxylic acids is 1. The predicted molar refractivity (Wildman–Crippen MR) is 161 cm³/mol. The molecule has 4 rings (SSSR count). The molecule has 0 saturated carbocycles. The SMILES string of the molecule is CCCCn1c(N2CCN(CC)CC2)c(/C=C2\SC(=S)N(Cc3ccc(OC)cc3)C2=O)c(C)c(C#N)c1=O. The van der Waals surface area contributed by atoms with Crippen molar-refractivity contribution in [2.45, 2.75) is 46.7 Å². The Morgan fingerprint density at radius 3 is 2.41 bits per heavy atom. The number of nitriles is 1. The molecular weight excluding hydrogens is 530 g/mol. The summed E-state index contributed by atoms with van der Waals surface area (Å²) < 4.78 is 7.47. The highest BCUT2D eigenvalue weighted by Crippen LogP contribution is 2.37. The maximum absolute atomic E-state index is 13.6. The number of pyridine rings is 1. The zero-order chi connectivity index (χ0) is 28.1. The van der Waals surface area contributed by atoms with Crippen LogP contribution in [0, 0.1) is 18.3 Å². The summed E-state index contributed by atoms with van der Waals surface area (Å²) in [4.78, 5) is 33.8. The molecule has 2 fully saturated rings. The molecule has 10 heteroatoms. The van der Waals surface area contributed by atoms with Crippen molar-refractivity contribution in [1.29, 1.82) is 5.26 Å². The third-order valence-corrected chi connectivity index (χ3v) is 8.73. The van der Waals surface area contributed by atoms with E-state index in [0.29, 0.717) is 27.9 Å². The second-order valence-electron chi connectivity index (χ2n) is 9.70. The van der Waals surface area contributed by atoms with Crippen LogP contribution < -0.4 is 15.2 Å². The molecule has 39 heavy (non-hydrogen) atoms. The maximum Gasteiger partial charge on any atom is 0.270 e. The molecule has 1 amide bonds. The van der Waals surface area contributed by atoms with Crippen LogP contribution in [0.25, 0.3) is 6.08 Å². The fourth-order valence-electron chi connectivity index (χ4n) is 4.97. The minimum absolute atomic E-state index is 0.127. The van der Waals surface area contributed by atoms with Gasteiger partial charge in [0, 0.05) is 38.3 Å². The largest absolute Gasteiger partial charge is 0.497 e. The first-order chi connectivity index (χ1) is 18.8. The molecular formula is C29H35N5O3S2. The predicted octanol–water partition coefficient (Wildman–Crippen LogP) is 4.38. The molecule has 0 N–H and O–H groups in total. The molecule has 0 unspecified atom stereocenters. The van der Waals surface area contributed by atoms with Crippen molar-refractivity contribution < 1.29 is 9.53 Å². The molecule has 0 bridgehead atoms. The van der Waals surface area contributed by atoms with Crippen LogP contribution in [0.4, 0.5) is 5.82 Å². The summed E-state index contributed by atoms with van der Waals surface area (Å²) in [7, 11) is 1.62. The Morgan fingerprint density at radius 1 is 1.13 bits per heavy atom. The molecule has 0 radical (unpaired) electrons. The molecule has 1 aromatic heterocycles. The van der Waals surface area contributed by atoms with Crippen molar-refractivity contribution in [1.82, 2.24) is 14.4 Å². The first kappa shape index (κ1) is 28.9. The molecule has 2 aromatic rings. The number of carbonyl (C=O) groups is 1. The van der Waals surface area contributed by atoms with Gasteiger partial charge in [0.25, 0.3) is 11.5 Å². The van der Waals surface area contributed by atoms with Gasteiger partial charge >= 0.3 is 0 Å². The molecule has 206 valence electrons. The van der Waals surface area contributed by atoms with Crippen LogP contribution in [0.1, 0.15) is 48.9 Å². The van der Waals surface area contributed by atoms with Gasteiger partial charge in [-0.15, -0.1) is 0 Å². The number of nitrogens with zero attached hydrogens (tertiary/aromatic N) is 5. The Morgan fingerprint density at radius 2 is 1.82 bits per heavy atom. The van der Waals surface area contributed by atoms with E-state index in [2.05, 4.69) is 29.7 Å². The number of thioether (sulfide) groups is 1. The van der Waals surface area contributed by atoms with Gasteiger partial charge in [0.05, 0.1) is 18.6 Å². The average molecular weight is 566 g/mol. The van der Waals surface area contributed by atoms with Gasteiger partial charge in [-0.3, -0.25) is 19.1 Å². The number of aromatic nitrogens is 1. The van der Waals surface area contributed by atoms with Crippen LogP contribution in [0.2, 0.25) is 0 Å². The molecule has 1 aromatic carbocycles. The second-order valence-corrected chi connectivity index (χ2v) is 11.4. The topological polar surface area (TPSA) is 81.8 Å². The monoisotopic (exact) mass is 565 g/mol. The lowest BCUT2D eigenvalue weighted by atomic mass is 10.0. The fourth-order valence-corrected chi connectivity index (χ4v) is 6.20. The van der Waals surface area contributed by atoms with Gasteiger partial charge in [0.2, 0.25) is 0 Å². The Kier molecular flexibility index (Phi) is 9.49. The molecule has 8 nitrogen and oxygen atoms in total. The van der Waals surface area contributed by atoms with Crippen molar-refractivity contribution in [3.05, 3.63) is 61.8 Å². The summed E-state index contributed by atoms with van der Waals surface area (Å²) in [5.74, 6) is 1.37. The molecule has 2 aliphatic heterocycles. The lowest BCUT2D eigenvalue weighted by Crippen LogP contribution is -2.48. The normalized spacial score (nSPS) is 17.3. The number of likely N-dealkylation sites (N-methyl/N-ethyl adjacent to an activating group) is 1. The van der Waals surface area contributed by atoms with Crippen LogP contribution in [0.5, 0.6) is 5.75 Å². The van der Waals surface area contributed by atoms with E-state index in [9.17, 15) is 14.9 Å². The summed E-state index contributed by atoms with van der Waals surface area (Å²) in [6.45, 7) is 11.2. The van der Waals surface area contributed by atoms with Crippen LogP contribution >= 0.6 is 24.0 Å². The molecule has 0 aliphatic carbocycles. The number of unbranched alkanes of at least 4 members (excludes halogenated alkanes) is 1. The second kappa shape index (κ2) is 12.8. The minimum atomic E-state index is -0.263. The van der Waals surface area contributed by atoms with Gasteiger partial charge < -0.3 is 14.5 Å². The van der Waals surface area contributed by atoms with Crippen molar-refractivity contribution >= 4 is 46.1 Å². The highest BCUT2D eigenvalue weighted by atomic mass is 32.2. The number of anilines is 1. The summed E-state index contributed by atoms with van der Waals surface area (Å²) in [5, 5.41) is 9.93. The first-order valence-electron chi connectivity index (χ1n) is 13.4. The molecule has 2 aliphatic rings. The van der Waals surface area contributed by atoms with Gasteiger partial charge in [-0.25, -0.2) is 0 Å². The van der Waals surface area contributed by atoms with Crippen molar-refractivity contribution in [3.63, 3.8) is 0 Å². The van der Waals surface area contributed by atoms with Crippen molar-refractivity contribution in [3.8, 4) is 11.8 Å². The Labute approximate surface area is 239 Å². The number of piperazine rings is 1.